The van der Waals surface area contributed by atoms with Gasteiger partial charge in [0.05, 0.1) is 12.1 Å². The van der Waals surface area contributed by atoms with Crippen LogP contribution in [0.1, 0.15) is 11.3 Å². The molecule has 2 rings (SSSR count). The summed E-state index contributed by atoms with van der Waals surface area (Å²) in [4.78, 5) is 3.52. The Bertz CT molecular complexity index is 522. The van der Waals surface area contributed by atoms with Crippen molar-refractivity contribution in [2.75, 3.05) is 0 Å². The van der Waals surface area contributed by atoms with Crippen molar-refractivity contribution < 1.29 is 18.3 Å². The van der Waals surface area contributed by atoms with Crippen molar-refractivity contribution in [2.45, 2.75) is 12.8 Å². The highest BCUT2D eigenvalue weighted by Crippen LogP contribution is 2.30. The van der Waals surface area contributed by atoms with Crippen LogP contribution in [0.15, 0.2) is 30.3 Å². The minimum atomic E-state index is -4.49. The van der Waals surface area contributed by atoms with Crippen LogP contribution < -0.4 is 0 Å². The van der Waals surface area contributed by atoms with Gasteiger partial charge in [-0.1, -0.05) is 18.2 Å². The van der Waals surface area contributed by atoms with E-state index in [4.69, 9.17) is 5.11 Å². The van der Waals surface area contributed by atoms with Gasteiger partial charge in [0.2, 0.25) is 0 Å². The van der Waals surface area contributed by atoms with Crippen LogP contribution in [0.5, 0.6) is 0 Å². The van der Waals surface area contributed by atoms with E-state index in [9.17, 15) is 13.2 Å². The third-order valence-corrected chi connectivity index (χ3v) is 2.26. The van der Waals surface area contributed by atoms with Crippen molar-refractivity contribution in [3.8, 4) is 0 Å². The van der Waals surface area contributed by atoms with Gasteiger partial charge in [0.1, 0.15) is 5.69 Å². The molecule has 0 fully saturated rings. The third kappa shape index (κ3) is 1.86. The summed E-state index contributed by atoms with van der Waals surface area (Å²) in [5.41, 5.74) is -0.505. The van der Waals surface area contributed by atoms with Crippen LogP contribution in [-0.2, 0) is 12.8 Å². The summed E-state index contributed by atoms with van der Waals surface area (Å²) in [5, 5.41) is 9.57. The highest BCUT2D eigenvalue weighted by atomic mass is 19.4. The molecular formula is C11H8F3NO. The summed E-state index contributed by atoms with van der Waals surface area (Å²) in [6.07, 6.45) is -4.49. The highest BCUT2D eigenvalue weighted by Gasteiger charge is 2.33. The van der Waals surface area contributed by atoms with Gasteiger partial charge in [-0.25, -0.2) is 4.98 Å². The summed E-state index contributed by atoms with van der Waals surface area (Å²) < 4.78 is 37.5. The Morgan fingerprint density at radius 3 is 2.50 bits per heavy atom. The fourth-order valence-corrected chi connectivity index (χ4v) is 1.52. The number of hydrogen-bond donors (Lipinski definition) is 1. The average Bonchev–Trinajstić information content (AvgIpc) is 2.26. The monoisotopic (exact) mass is 227 g/mol. The second-order valence-corrected chi connectivity index (χ2v) is 3.34. The lowest BCUT2D eigenvalue weighted by atomic mass is 10.1. The van der Waals surface area contributed by atoms with Crippen LogP contribution >= 0.6 is 0 Å². The molecule has 0 spiro atoms. The summed E-state index contributed by atoms with van der Waals surface area (Å²) in [6, 6.07) is 7.30. The molecule has 0 amide bonds. The molecule has 5 heteroatoms. The Hall–Kier alpha value is -1.62. The fraction of sp³-hybridized carbons (Fsp3) is 0.182. The molecule has 0 saturated heterocycles. The maximum Gasteiger partial charge on any atom is 0.433 e. The van der Waals surface area contributed by atoms with Crippen LogP contribution in [-0.4, -0.2) is 10.1 Å². The molecule has 0 aliphatic rings. The number of pyridine rings is 1. The number of nitrogens with zero attached hydrogens (tertiary/aromatic N) is 1. The third-order valence-electron chi connectivity index (χ3n) is 2.26. The average molecular weight is 227 g/mol. The van der Waals surface area contributed by atoms with Gasteiger partial charge in [0, 0.05) is 5.39 Å². The second kappa shape index (κ2) is 3.75. The van der Waals surface area contributed by atoms with Gasteiger partial charge in [-0.05, 0) is 17.7 Å². The topological polar surface area (TPSA) is 33.1 Å². The molecule has 16 heavy (non-hydrogen) atoms. The van der Waals surface area contributed by atoms with Gasteiger partial charge in [0.15, 0.2) is 0 Å². The number of aliphatic hydroxyl groups is 1. The van der Waals surface area contributed by atoms with E-state index in [1.165, 1.54) is 6.07 Å². The van der Waals surface area contributed by atoms with Gasteiger partial charge in [-0.2, -0.15) is 13.2 Å². The van der Waals surface area contributed by atoms with Crippen LogP contribution in [0.2, 0.25) is 0 Å². The zero-order chi connectivity index (χ0) is 11.8. The molecule has 1 heterocycles. The molecule has 1 N–H and O–H groups in total. The number of halogens is 3. The van der Waals surface area contributed by atoms with Gasteiger partial charge >= 0.3 is 6.18 Å². The molecule has 0 aliphatic heterocycles. The van der Waals surface area contributed by atoms with Gasteiger partial charge in [0.25, 0.3) is 0 Å². The molecule has 84 valence electrons. The van der Waals surface area contributed by atoms with Crippen LogP contribution in [0.25, 0.3) is 10.9 Å². The quantitative estimate of drug-likeness (QED) is 0.812. The zero-order valence-electron chi connectivity index (χ0n) is 8.12. The number of benzene rings is 1. The van der Waals surface area contributed by atoms with Crippen molar-refractivity contribution in [3.05, 3.63) is 41.6 Å². The molecule has 2 aromatic rings. The van der Waals surface area contributed by atoms with E-state index >= 15 is 0 Å². The Morgan fingerprint density at radius 1 is 1.19 bits per heavy atom. The molecule has 1 aromatic heterocycles. The summed E-state index contributed by atoms with van der Waals surface area (Å²) >= 11 is 0. The van der Waals surface area contributed by atoms with E-state index in [0.29, 0.717) is 5.39 Å². The summed E-state index contributed by atoms with van der Waals surface area (Å²) in [6.45, 7) is -0.438. The lowest BCUT2D eigenvalue weighted by molar-refractivity contribution is -0.141. The van der Waals surface area contributed by atoms with Gasteiger partial charge in [-0.15, -0.1) is 0 Å². The first-order valence-electron chi connectivity index (χ1n) is 4.59. The van der Waals surface area contributed by atoms with E-state index in [1.54, 1.807) is 18.2 Å². The number of hydrogen-bond acceptors (Lipinski definition) is 2. The van der Waals surface area contributed by atoms with E-state index in [-0.39, 0.29) is 11.1 Å². The standard InChI is InChI=1S/C11H8F3NO/c12-11(13,14)10-5-7(6-16)8-3-1-2-4-9(8)15-10/h1-5,16H,6H2. The molecular weight excluding hydrogens is 219 g/mol. The molecule has 0 aliphatic carbocycles. The van der Waals surface area contributed by atoms with Crippen molar-refractivity contribution in [1.82, 2.24) is 4.98 Å². The molecule has 0 radical (unpaired) electrons. The van der Waals surface area contributed by atoms with Crippen LogP contribution in [0, 0.1) is 0 Å². The number of rotatable bonds is 1. The minimum absolute atomic E-state index is 0.234. The van der Waals surface area contributed by atoms with Crippen molar-refractivity contribution in [2.24, 2.45) is 0 Å². The number of alkyl halides is 3. The number of fused-ring (bicyclic) bond motifs is 1. The lowest BCUT2D eigenvalue weighted by Gasteiger charge is -2.09. The first-order chi connectivity index (χ1) is 7.52. The predicted octanol–water partition coefficient (Wildman–Crippen LogP) is 2.75. The molecule has 2 nitrogen and oxygen atoms in total. The Morgan fingerprint density at radius 2 is 1.88 bits per heavy atom. The predicted molar refractivity (Wildman–Crippen MR) is 52.7 cm³/mol. The molecule has 0 atom stereocenters. The molecule has 1 aromatic carbocycles. The number of aliphatic hydroxyl groups excluding tert-OH is 1. The summed E-state index contributed by atoms with van der Waals surface area (Å²) in [7, 11) is 0. The molecule has 0 unspecified atom stereocenters. The first kappa shape index (κ1) is 10.9. The van der Waals surface area contributed by atoms with Gasteiger partial charge in [-0.3, -0.25) is 0 Å². The highest BCUT2D eigenvalue weighted by molar-refractivity contribution is 5.82. The normalized spacial score (nSPS) is 12.0. The SMILES string of the molecule is OCc1cc(C(F)(F)F)nc2ccccc12. The smallest absolute Gasteiger partial charge is 0.392 e. The molecule has 0 saturated carbocycles. The Labute approximate surface area is 89.4 Å². The second-order valence-electron chi connectivity index (χ2n) is 3.34. The van der Waals surface area contributed by atoms with E-state index in [1.807, 2.05) is 0 Å². The molecule has 0 bridgehead atoms. The maximum atomic E-state index is 12.5. The number of aromatic nitrogens is 1. The van der Waals surface area contributed by atoms with Gasteiger partial charge < -0.3 is 5.11 Å². The first-order valence-corrected chi connectivity index (χ1v) is 4.59. The maximum absolute atomic E-state index is 12.5. The van der Waals surface area contributed by atoms with Crippen LogP contribution in [0.4, 0.5) is 13.2 Å². The van der Waals surface area contributed by atoms with Crippen LogP contribution in [0.3, 0.4) is 0 Å². The Balaban J connectivity index is 2.73. The van der Waals surface area contributed by atoms with E-state index < -0.39 is 18.5 Å². The van der Waals surface area contributed by atoms with E-state index in [0.717, 1.165) is 6.07 Å². The minimum Gasteiger partial charge on any atom is -0.392 e. The van der Waals surface area contributed by atoms with E-state index in [2.05, 4.69) is 4.98 Å². The van der Waals surface area contributed by atoms with Crippen molar-refractivity contribution in [3.63, 3.8) is 0 Å². The van der Waals surface area contributed by atoms with Crippen molar-refractivity contribution >= 4 is 10.9 Å². The lowest BCUT2D eigenvalue weighted by Crippen LogP contribution is -2.09. The summed E-state index contributed by atoms with van der Waals surface area (Å²) in [5.74, 6) is 0. The fourth-order valence-electron chi connectivity index (χ4n) is 1.52. The van der Waals surface area contributed by atoms with Crippen molar-refractivity contribution in [1.29, 1.82) is 0 Å². The Kier molecular flexibility index (Phi) is 2.55. The zero-order valence-corrected chi connectivity index (χ0v) is 8.12. The largest absolute Gasteiger partial charge is 0.433 e. The number of para-hydroxylation sites is 1.